The van der Waals surface area contributed by atoms with Crippen LogP contribution in [0, 0.1) is 0 Å². The lowest BCUT2D eigenvalue weighted by molar-refractivity contribution is -0.140. The molecule has 1 aromatic heterocycles. The molecule has 0 bridgehead atoms. The number of pyridine rings is 1. The topological polar surface area (TPSA) is 39.2 Å². The molecule has 1 heterocycles. The van der Waals surface area contributed by atoms with Crippen molar-refractivity contribution >= 4 is 27.6 Å². The molecule has 0 aliphatic carbocycles. The van der Waals surface area contributed by atoms with Gasteiger partial charge in [-0.25, -0.2) is 4.98 Å². The maximum absolute atomic E-state index is 10.8. The number of carbonyl (C=O) groups excluding carboxylic acids is 1. The molecule has 0 unspecified atom stereocenters. The van der Waals surface area contributed by atoms with E-state index in [1.807, 2.05) is 18.2 Å². The maximum Gasteiger partial charge on any atom is 0.305 e. The van der Waals surface area contributed by atoms with E-state index in [2.05, 4.69) is 9.72 Å². The molecule has 0 radical (unpaired) electrons. The number of esters is 1. The first kappa shape index (κ1) is 12.4. The number of aromatic nitrogens is 1. The van der Waals surface area contributed by atoms with Crippen molar-refractivity contribution in [2.24, 2.45) is 0 Å². The minimum atomic E-state index is -0.140. The molecule has 0 amide bonds. The number of ether oxygens (including phenoxy) is 1. The van der Waals surface area contributed by atoms with Gasteiger partial charge in [0.1, 0.15) is 5.03 Å². The van der Waals surface area contributed by atoms with Crippen molar-refractivity contribution in [1.29, 1.82) is 0 Å². The zero-order valence-electron chi connectivity index (χ0n) is 8.51. The minimum Gasteiger partial charge on any atom is -0.469 e. The molecule has 0 fully saturated rings. The van der Waals surface area contributed by atoms with Gasteiger partial charge >= 0.3 is 5.97 Å². The molecule has 0 spiro atoms. The van der Waals surface area contributed by atoms with Crippen molar-refractivity contribution in [1.82, 2.24) is 4.98 Å². The first-order valence-corrected chi connectivity index (χ1v) is 6.92. The number of carbonyl (C=O) groups is 1. The van der Waals surface area contributed by atoms with Crippen molar-refractivity contribution in [3.63, 3.8) is 0 Å². The number of methoxy groups -OCH3 is 1. The van der Waals surface area contributed by atoms with Crippen LogP contribution in [0.5, 0.6) is 0 Å². The van der Waals surface area contributed by atoms with E-state index in [0.29, 0.717) is 6.42 Å². The molecular weight excluding hydrogens is 230 g/mol. The van der Waals surface area contributed by atoms with Crippen molar-refractivity contribution in [3.05, 3.63) is 24.4 Å². The highest BCUT2D eigenvalue weighted by Gasteiger charge is 2.00. The van der Waals surface area contributed by atoms with Gasteiger partial charge in [-0.1, -0.05) is 16.9 Å². The molecule has 5 heteroatoms. The van der Waals surface area contributed by atoms with Crippen LogP contribution in [0.3, 0.4) is 0 Å². The second-order valence-electron chi connectivity index (χ2n) is 2.75. The van der Waals surface area contributed by atoms with Crippen LogP contribution in [0.2, 0.25) is 0 Å². The summed E-state index contributed by atoms with van der Waals surface area (Å²) in [6.07, 6.45) is 3.11. The van der Waals surface area contributed by atoms with Crippen molar-refractivity contribution in [3.8, 4) is 0 Å². The van der Waals surface area contributed by atoms with Gasteiger partial charge in [-0.2, -0.15) is 0 Å². The average molecular weight is 243 g/mol. The van der Waals surface area contributed by atoms with Crippen molar-refractivity contribution in [2.75, 3.05) is 12.9 Å². The quantitative estimate of drug-likeness (QED) is 0.436. The summed E-state index contributed by atoms with van der Waals surface area (Å²) < 4.78 is 4.55. The third-order valence-electron chi connectivity index (χ3n) is 1.62. The van der Waals surface area contributed by atoms with E-state index in [0.717, 1.165) is 17.2 Å². The smallest absolute Gasteiger partial charge is 0.305 e. The van der Waals surface area contributed by atoms with Crippen LogP contribution in [0.15, 0.2) is 29.4 Å². The summed E-state index contributed by atoms with van der Waals surface area (Å²) in [5.41, 5.74) is 0. The lowest BCUT2D eigenvalue weighted by Crippen LogP contribution is -1.99. The summed E-state index contributed by atoms with van der Waals surface area (Å²) in [6, 6.07) is 5.83. The molecule has 3 nitrogen and oxygen atoms in total. The van der Waals surface area contributed by atoms with E-state index in [1.165, 1.54) is 7.11 Å². The average Bonchev–Trinajstić information content (AvgIpc) is 2.29. The highest BCUT2D eigenvalue weighted by atomic mass is 33.1. The Hall–Kier alpha value is -0.680. The van der Waals surface area contributed by atoms with E-state index in [9.17, 15) is 4.79 Å². The molecular formula is C10H13NO2S2. The Bertz CT molecular complexity index is 293. The number of nitrogens with zero attached hydrogens (tertiary/aromatic N) is 1. The molecule has 0 saturated carbocycles. The largest absolute Gasteiger partial charge is 0.469 e. The zero-order valence-corrected chi connectivity index (χ0v) is 10.1. The van der Waals surface area contributed by atoms with Gasteiger partial charge in [-0.15, -0.1) is 0 Å². The highest BCUT2D eigenvalue weighted by Crippen LogP contribution is 2.29. The van der Waals surface area contributed by atoms with Gasteiger partial charge in [0.25, 0.3) is 0 Å². The Balaban J connectivity index is 2.05. The van der Waals surface area contributed by atoms with Gasteiger partial charge < -0.3 is 4.74 Å². The maximum atomic E-state index is 10.8. The summed E-state index contributed by atoms with van der Waals surface area (Å²) in [6.45, 7) is 0. The molecule has 0 aliphatic heterocycles. The van der Waals surface area contributed by atoms with E-state index < -0.39 is 0 Å². The van der Waals surface area contributed by atoms with Crippen LogP contribution in [0.1, 0.15) is 12.8 Å². The number of hydrogen-bond donors (Lipinski definition) is 0. The van der Waals surface area contributed by atoms with Gasteiger partial charge in [-0.05, 0) is 29.3 Å². The molecule has 0 aromatic carbocycles. The summed E-state index contributed by atoms with van der Waals surface area (Å²) in [7, 11) is 4.75. The van der Waals surface area contributed by atoms with Crippen LogP contribution in [0.25, 0.3) is 0 Å². The standard InChI is InChI=1S/C10H13NO2S2/c1-13-10(12)6-4-8-14-15-9-5-2-3-7-11-9/h2-3,5,7H,4,6,8H2,1H3. The molecule has 0 aliphatic rings. The van der Waals surface area contributed by atoms with Gasteiger partial charge in [0.15, 0.2) is 0 Å². The second kappa shape index (κ2) is 7.59. The fourth-order valence-electron chi connectivity index (χ4n) is 0.876. The predicted octanol–water partition coefficient (Wildman–Crippen LogP) is 2.78. The highest BCUT2D eigenvalue weighted by molar-refractivity contribution is 8.76. The fraction of sp³-hybridized carbons (Fsp3) is 0.400. The summed E-state index contributed by atoms with van der Waals surface area (Å²) in [5, 5.41) is 1.00. The Labute approximate surface area is 97.4 Å². The summed E-state index contributed by atoms with van der Waals surface area (Å²) in [5.74, 6) is 0.787. The zero-order chi connectivity index (χ0) is 10.9. The van der Waals surface area contributed by atoms with Crippen LogP contribution in [-0.2, 0) is 9.53 Å². The van der Waals surface area contributed by atoms with Crippen LogP contribution in [0.4, 0.5) is 0 Å². The van der Waals surface area contributed by atoms with E-state index in [4.69, 9.17) is 0 Å². The van der Waals surface area contributed by atoms with Gasteiger partial charge in [-0.3, -0.25) is 4.79 Å². The van der Waals surface area contributed by atoms with Crippen LogP contribution in [-0.4, -0.2) is 23.8 Å². The SMILES string of the molecule is COC(=O)CCCSSc1ccccn1. The first-order valence-electron chi connectivity index (χ1n) is 4.60. The lowest BCUT2D eigenvalue weighted by Gasteiger charge is -1.99. The lowest BCUT2D eigenvalue weighted by atomic mass is 10.3. The van der Waals surface area contributed by atoms with Crippen LogP contribution < -0.4 is 0 Å². The number of hydrogen-bond acceptors (Lipinski definition) is 5. The minimum absolute atomic E-state index is 0.140. The Kier molecular flexibility index (Phi) is 6.27. The van der Waals surface area contributed by atoms with E-state index in [-0.39, 0.29) is 5.97 Å². The molecule has 82 valence electrons. The second-order valence-corrected chi connectivity index (χ2v) is 5.19. The van der Waals surface area contributed by atoms with Crippen molar-refractivity contribution < 1.29 is 9.53 Å². The third kappa shape index (κ3) is 5.69. The van der Waals surface area contributed by atoms with E-state index >= 15 is 0 Å². The third-order valence-corrected chi connectivity index (χ3v) is 3.97. The van der Waals surface area contributed by atoms with Crippen molar-refractivity contribution in [2.45, 2.75) is 17.9 Å². The van der Waals surface area contributed by atoms with Gasteiger partial charge in [0, 0.05) is 18.4 Å². The predicted molar refractivity (Wildman–Crippen MR) is 63.8 cm³/mol. The van der Waals surface area contributed by atoms with Crippen LogP contribution >= 0.6 is 21.6 Å². The Morgan fingerprint density at radius 1 is 1.53 bits per heavy atom. The normalized spacial score (nSPS) is 9.93. The number of rotatable bonds is 6. The molecule has 0 atom stereocenters. The fourth-order valence-corrected chi connectivity index (χ4v) is 2.84. The summed E-state index contributed by atoms with van der Waals surface area (Å²) in [4.78, 5) is 15.0. The molecule has 0 saturated heterocycles. The van der Waals surface area contributed by atoms with Gasteiger partial charge in [0.05, 0.1) is 7.11 Å². The molecule has 0 N–H and O–H groups in total. The molecule has 1 rings (SSSR count). The summed E-state index contributed by atoms with van der Waals surface area (Å²) >= 11 is 0. The first-order chi connectivity index (χ1) is 7.33. The molecule has 15 heavy (non-hydrogen) atoms. The van der Waals surface area contributed by atoms with Gasteiger partial charge in [0.2, 0.25) is 0 Å². The molecule has 1 aromatic rings. The Morgan fingerprint density at radius 2 is 2.40 bits per heavy atom. The van der Waals surface area contributed by atoms with E-state index in [1.54, 1.807) is 27.8 Å². The monoisotopic (exact) mass is 243 g/mol. The Morgan fingerprint density at radius 3 is 3.07 bits per heavy atom.